The number of rotatable bonds is 11. The van der Waals surface area contributed by atoms with Gasteiger partial charge < -0.3 is 0 Å². The summed E-state index contributed by atoms with van der Waals surface area (Å²) in [6.45, 7) is 11.8. The molecule has 0 heteroatoms. The van der Waals surface area contributed by atoms with Crippen molar-refractivity contribution in [2.45, 2.75) is 92.4 Å². The van der Waals surface area contributed by atoms with Crippen LogP contribution in [0.3, 0.4) is 0 Å². The van der Waals surface area contributed by atoms with E-state index < -0.39 is 0 Å². The molecule has 1 atom stereocenters. The third-order valence-corrected chi connectivity index (χ3v) is 4.28. The molecule has 17 heavy (non-hydrogen) atoms. The largest absolute Gasteiger partial charge is 0.0654 e. The molecule has 0 aromatic carbocycles. The molecule has 0 aliphatic carbocycles. The standard InChI is InChI=1S/C17H36/c1-6-8-10-12-17(13-11-9-7-2)14-16(5)15(3)4/h15-17H,6-14H2,1-5H3. The zero-order chi connectivity index (χ0) is 13.1. The molecule has 0 aliphatic heterocycles. The topological polar surface area (TPSA) is 0 Å². The second kappa shape index (κ2) is 11.1. The van der Waals surface area contributed by atoms with Crippen molar-refractivity contribution < 1.29 is 0 Å². The van der Waals surface area contributed by atoms with Crippen LogP contribution in [0.2, 0.25) is 0 Å². The Kier molecular flexibility index (Phi) is 11.1. The van der Waals surface area contributed by atoms with Crippen molar-refractivity contribution in [2.24, 2.45) is 17.8 Å². The SMILES string of the molecule is CCCCCC(CCCCC)CC(C)C(C)C. The minimum Gasteiger partial charge on any atom is -0.0654 e. The summed E-state index contributed by atoms with van der Waals surface area (Å²) < 4.78 is 0. The summed E-state index contributed by atoms with van der Waals surface area (Å²) in [5.74, 6) is 2.77. The second-order valence-electron chi connectivity index (χ2n) is 6.31. The Morgan fingerprint density at radius 1 is 0.706 bits per heavy atom. The summed E-state index contributed by atoms with van der Waals surface area (Å²) in [6.07, 6.45) is 12.9. The van der Waals surface area contributed by atoms with Crippen molar-refractivity contribution in [1.29, 1.82) is 0 Å². The minimum atomic E-state index is 0.856. The van der Waals surface area contributed by atoms with Crippen LogP contribution in [0.4, 0.5) is 0 Å². The normalized spacial score (nSPS) is 13.6. The second-order valence-corrected chi connectivity index (χ2v) is 6.31. The van der Waals surface area contributed by atoms with Crippen LogP contribution in [0.5, 0.6) is 0 Å². The molecular formula is C17H36. The number of hydrogen-bond acceptors (Lipinski definition) is 0. The van der Waals surface area contributed by atoms with Crippen LogP contribution in [-0.2, 0) is 0 Å². The quantitative estimate of drug-likeness (QED) is 0.364. The number of hydrogen-bond donors (Lipinski definition) is 0. The van der Waals surface area contributed by atoms with Gasteiger partial charge in [0, 0.05) is 0 Å². The van der Waals surface area contributed by atoms with Crippen LogP contribution in [0.25, 0.3) is 0 Å². The van der Waals surface area contributed by atoms with Crippen LogP contribution < -0.4 is 0 Å². The Morgan fingerprint density at radius 2 is 1.18 bits per heavy atom. The highest BCUT2D eigenvalue weighted by Gasteiger charge is 2.15. The van der Waals surface area contributed by atoms with Crippen molar-refractivity contribution >= 4 is 0 Å². The van der Waals surface area contributed by atoms with Crippen molar-refractivity contribution in [2.75, 3.05) is 0 Å². The molecule has 0 bridgehead atoms. The fourth-order valence-corrected chi connectivity index (χ4v) is 2.54. The van der Waals surface area contributed by atoms with Gasteiger partial charge in [0.15, 0.2) is 0 Å². The average Bonchev–Trinajstić information content (AvgIpc) is 2.29. The first-order chi connectivity index (χ1) is 8.11. The maximum absolute atomic E-state index is 2.44. The van der Waals surface area contributed by atoms with E-state index in [2.05, 4.69) is 34.6 Å². The van der Waals surface area contributed by atoms with Gasteiger partial charge in [-0.2, -0.15) is 0 Å². The lowest BCUT2D eigenvalue weighted by Gasteiger charge is -2.23. The zero-order valence-corrected chi connectivity index (χ0v) is 13.1. The monoisotopic (exact) mass is 240 g/mol. The molecule has 0 aliphatic rings. The summed E-state index contributed by atoms with van der Waals surface area (Å²) >= 11 is 0. The van der Waals surface area contributed by atoms with E-state index in [0.29, 0.717) is 0 Å². The molecule has 1 unspecified atom stereocenters. The fraction of sp³-hybridized carbons (Fsp3) is 1.00. The molecule has 0 fully saturated rings. The lowest BCUT2D eigenvalue weighted by Crippen LogP contribution is -2.11. The Hall–Kier alpha value is 0. The van der Waals surface area contributed by atoms with Crippen molar-refractivity contribution in [3.8, 4) is 0 Å². The Morgan fingerprint density at radius 3 is 1.53 bits per heavy atom. The van der Waals surface area contributed by atoms with Gasteiger partial charge in [-0.05, 0) is 24.2 Å². The highest BCUT2D eigenvalue weighted by molar-refractivity contribution is 4.66. The molecule has 0 rings (SSSR count). The molecule has 0 N–H and O–H groups in total. The van der Waals surface area contributed by atoms with Crippen LogP contribution in [0.15, 0.2) is 0 Å². The molecule has 0 saturated carbocycles. The van der Waals surface area contributed by atoms with Gasteiger partial charge in [-0.25, -0.2) is 0 Å². The predicted molar refractivity (Wildman–Crippen MR) is 80.4 cm³/mol. The molecular weight excluding hydrogens is 204 g/mol. The summed E-state index contributed by atoms with van der Waals surface area (Å²) in [5.41, 5.74) is 0. The van der Waals surface area contributed by atoms with Crippen molar-refractivity contribution in [3.63, 3.8) is 0 Å². The Balaban J connectivity index is 3.91. The van der Waals surface area contributed by atoms with Gasteiger partial charge in [-0.1, -0.05) is 86.0 Å². The lowest BCUT2D eigenvalue weighted by atomic mass is 9.83. The maximum atomic E-state index is 2.44. The van der Waals surface area contributed by atoms with E-state index in [-0.39, 0.29) is 0 Å². The first kappa shape index (κ1) is 17.0. The van der Waals surface area contributed by atoms with E-state index in [0.717, 1.165) is 17.8 Å². The van der Waals surface area contributed by atoms with Gasteiger partial charge in [-0.15, -0.1) is 0 Å². The van der Waals surface area contributed by atoms with Gasteiger partial charge >= 0.3 is 0 Å². The van der Waals surface area contributed by atoms with E-state index in [9.17, 15) is 0 Å². The van der Waals surface area contributed by atoms with Gasteiger partial charge in [0.05, 0.1) is 0 Å². The molecule has 0 aromatic rings. The smallest absolute Gasteiger partial charge is 0.0412 e. The van der Waals surface area contributed by atoms with E-state index >= 15 is 0 Å². The van der Waals surface area contributed by atoms with Crippen molar-refractivity contribution in [1.82, 2.24) is 0 Å². The third kappa shape index (κ3) is 9.68. The Labute approximate surface area is 111 Å². The summed E-state index contributed by atoms with van der Waals surface area (Å²) in [7, 11) is 0. The molecule has 0 amide bonds. The third-order valence-electron chi connectivity index (χ3n) is 4.28. The predicted octanol–water partition coefficient (Wildman–Crippen LogP) is 6.45. The maximum Gasteiger partial charge on any atom is -0.0412 e. The van der Waals surface area contributed by atoms with Crippen LogP contribution in [0.1, 0.15) is 92.4 Å². The van der Waals surface area contributed by atoms with E-state index in [1.54, 1.807) is 0 Å². The van der Waals surface area contributed by atoms with Crippen LogP contribution in [0, 0.1) is 17.8 Å². The first-order valence-corrected chi connectivity index (χ1v) is 8.11. The van der Waals surface area contributed by atoms with Gasteiger partial charge in [0.1, 0.15) is 0 Å². The fourth-order valence-electron chi connectivity index (χ4n) is 2.54. The molecule has 0 spiro atoms. The van der Waals surface area contributed by atoms with Crippen molar-refractivity contribution in [3.05, 3.63) is 0 Å². The highest BCUT2D eigenvalue weighted by Crippen LogP contribution is 2.27. The zero-order valence-electron chi connectivity index (χ0n) is 13.1. The summed E-state index contributed by atoms with van der Waals surface area (Å²) in [6, 6.07) is 0. The minimum absolute atomic E-state index is 0.856. The van der Waals surface area contributed by atoms with Gasteiger partial charge in [-0.3, -0.25) is 0 Å². The molecule has 0 saturated heterocycles. The lowest BCUT2D eigenvalue weighted by molar-refractivity contribution is 0.284. The molecule has 0 aromatic heterocycles. The molecule has 0 nitrogen and oxygen atoms in total. The molecule has 0 radical (unpaired) electrons. The number of unbranched alkanes of at least 4 members (excludes halogenated alkanes) is 4. The average molecular weight is 240 g/mol. The summed E-state index contributed by atoms with van der Waals surface area (Å²) in [5, 5.41) is 0. The molecule has 104 valence electrons. The van der Waals surface area contributed by atoms with Crippen LogP contribution >= 0.6 is 0 Å². The summed E-state index contributed by atoms with van der Waals surface area (Å²) in [4.78, 5) is 0. The van der Waals surface area contributed by atoms with Gasteiger partial charge in [0.25, 0.3) is 0 Å². The van der Waals surface area contributed by atoms with E-state index in [1.807, 2.05) is 0 Å². The Bertz CT molecular complexity index is 138. The van der Waals surface area contributed by atoms with E-state index in [1.165, 1.54) is 57.8 Å². The van der Waals surface area contributed by atoms with E-state index in [4.69, 9.17) is 0 Å². The van der Waals surface area contributed by atoms with Gasteiger partial charge in [0.2, 0.25) is 0 Å². The van der Waals surface area contributed by atoms with Crippen LogP contribution in [-0.4, -0.2) is 0 Å². The first-order valence-electron chi connectivity index (χ1n) is 8.11. The molecule has 0 heterocycles. The highest BCUT2D eigenvalue weighted by atomic mass is 14.2.